The molecule has 3 aromatic rings. The summed E-state index contributed by atoms with van der Waals surface area (Å²) in [7, 11) is 0. The molecule has 0 bridgehead atoms. The fourth-order valence-corrected chi connectivity index (χ4v) is 2.32. The second-order valence-electron chi connectivity index (χ2n) is 4.09. The first-order valence-corrected chi connectivity index (χ1v) is 6.52. The number of H-pyrrole nitrogens is 1. The van der Waals surface area contributed by atoms with Gasteiger partial charge in [-0.15, -0.1) is 0 Å². The summed E-state index contributed by atoms with van der Waals surface area (Å²) >= 11 is 3.42. The highest BCUT2D eigenvalue weighted by atomic mass is 79.9. The van der Waals surface area contributed by atoms with Gasteiger partial charge in [-0.2, -0.15) is 0 Å². The Kier molecular flexibility index (Phi) is 3.02. The van der Waals surface area contributed by atoms with Crippen molar-refractivity contribution in [3.63, 3.8) is 0 Å². The zero-order valence-corrected chi connectivity index (χ0v) is 11.2. The minimum atomic E-state index is 0.783. The molecular formula is C14H12BrN3. The number of fused-ring (bicyclic) bond motifs is 1. The van der Waals surface area contributed by atoms with Crippen molar-refractivity contribution < 1.29 is 0 Å². The van der Waals surface area contributed by atoms with Gasteiger partial charge in [-0.1, -0.05) is 6.07 Å². The Hall–Kier alpha value is -1.81. The molecule has 3 rings (SSSR count). The van der Waals surface area contributed by atoms with Crippen molar-refractivity contribution in [1.29, 1.82) is 0 Å². The number of aromatic amines is 1. The van der Waals surface area contributed by atoms with Gasteiger partial charge in [-0.25, -0.2) is 4.98 Å². The van der Waals surface area contributed by atoms with E-state index in [0.29, 0.717) is 0 Å². The van der Waals surface area contributed by atoms with Crippen LogP contribution in [0.3, 0.4) is 0 Å². The van der Waals surface area contributed by atoms with Crippen LogP contribution >= 0.6 is 15.9 Å². The van der Waals surface area contributed by atoms with Crippen molar-refractivity contribution in [2.45, 2.75) is 6.54 Å². The number of anilines is 1. The molecule has 2 aromatic heterocycles. The SMILES string of the molecule is Brc1ncccc1NCc1ccc2[nH]ccc2c1. The third-order valence-electron chi connectivity index (χ3n) is 2.86. The zero-order chi connectivity index (χ0) is 12.4. The first-order chi connectivity index (χ1) is 8.83. The number of rotatable bonds is 3. The van der Waals surface area contributed by atoms with E-state index in [1.54, 1.807) is 6.20 Å². The molecule has 3 nitrogen and oxygen atoms in total. The highest BCUT2D eigenvalue weighted by molar-refractivity contribution is 9.10. The Balaban J connectivity index is 1.78. The lowest BCUT2D eigenvalue weighted by molar-refractivity contribution is 1.13. The maximum atomic E-state index is 4.18. The average molecular weight is 302 g/mol. The summed E-state index contributed by atoms with van der Waals surface area (Å²) in [6.07, 6.45) is 3.72. The molecule has 0 radical (unpaired) electrons. The van der Waals surface area contributed by atoms with Gasteiger partial charge < -0.3 is 10.3 Å². The van der Waals surface area contributed by atoms with Crippen LogP contribution in [0.2, 0.25) is 0 Å². The van der Waals surface area contributed by atoms with Crippen molar-refractivity contribution in [2.75, 3.05) is 5.32 Å². The minimum Gasteiger partial charge on any atom is -0.379 e. The monoisotopic (exact) mass is 301 g/mol. The topological polar surface area (TPSA) is 40.7 Å². The normalized spacial score (nSPS) is 10.7. The predicted molar refractivity (Wildman–Crippen MR) is 77.6 cm³/mol. The fraction of sp³-hybridized carbons (Fsp3) is 0.0714. The van der Waals surface area contributed by atoms with E-state index < -0.39 is 0 Å². The Bertz CT molecular complexity index is 675. The lowest BCUT2D eigenvalue weighted by Gasteiger charge is -2.07. The van der Waals surface area contributed by atoms with E-state index in [1.165, 1.54) is 16.5 Å². The van der Waals surface area contributed by atoms with Crippen LogP contribution in [-0.4, -0.2) is 9.97 Å². The molecule has 4 heteroatoms. The van der Waals surface area contributed by atoms with Gasteiger partial charge >= 0.3 is 0 Å². The summed E-state index contributed by atoms with van der Waals surface area (Å²) in [5.41, 5.74) is 3.42. The lowest BCUT2D eigenvalue weighted by atomic mass is 10.1. The van der Waals surface area contributed by atoms with Gasteiger partial charge in [0.15, 0.2) is 0 Å². The largest absolute Gasteiger partial charge is 0.379 e. The highest BCUT2D eigenvalue weighted by Crippen LogP contribution is 2.20. The maximum Gasteiger partial charge on any atom is 0.129 e. The third kappa shape index (κ3) is 2.24. The Morgan fingerprint density at radius 3 is 3.06 bits per heavy atom. The summed E-state index contributed by atoms with van der Waals surface area (Å²) in [6.45, 7) is 0.783. The summed E-state index contributed by atoms with van der Waals surface area (Å²) in [5, 5.41) is 4.60. The fourth-order valence-electron chi connectivity index (χ4n) is 1.93. The van der Waals surface area contributed by atoms with Gasteiger partial charge in [-0.3, -0.25) is 0 Å². The molecule has 0 aliphatic rings. The maximum absolute atomic E-state index is 4.18. The van der Waals surface area contributed by atoms with E-state index in [2.05, 4.69) is 55.5 Å². The predicted octanol–water partition coefficient (Wildman–Crippen LogP) is 3.94. The van der Waals surface area contributed by atoms with Crippen molar-refractivity contribution in [3.8, 4) is 0 Å². The molecule has 2 N–H and O–H groups in total. The second-order valence-corrected chi connectivity index (χ2v) is 4.85. The van der Waals surface area contributed by atoms with E-state index in [1.807, 2.05) is 18.3 Å². The zero-order valence-electron chi connectivity index (χ0n) is 9.65. The van der Waals surface area contributed by atoms with Crippen molar-refractivity contribution >= 4 is 32.5 Å². The molecule has 0 atom stereocenters. The van der Waals surface area contributed by atoms with Crippen molar-refractivity contribution in [1.82, 2.24) is 9.97 Å². The van der Waals surface area contributed by atoms with Crippen LogP contribution < -0.4 is 5.32 Å². The molecule has 0 spiro atoms. The molecule has 90 valence electrons. The molecule has 0 aliphatic heterocycles. The molecule has 0 saturated heterocycles. The number of halogens is 1. The van der Waals surface area contributed by atoms with Gasteiger partial charge in [0.25, 0.3) is 0 Å². The highest BCUT2D eigenvalue weighted by Gasteiger charge is 2.00. The van der Waals surface area contributed by atoms with E-state index >= 15 is 0 Å². The van der Waals surface area contributed by atoms with Crippen LogP contribution in [0.5, 0.6) is 0 Å². The Morgan fingerprint density at radius 1 is 1.22 bits per heavy atom. The second kappa shape index (κ2) is 4.82. The van der Waals surface area contributed by atoms with Gasteiger partial charge in [0.1, 0.15) is 4.60 Å². The number of nitrogens with zero attached hydrogens (tertiary/aromatic N) is 1. The molecule has 0 unspecified atom stereocenters. The molecule has 0 fully saturated rings. The van der Waals surface area contributed by atoms with E-state index in [4.69, 9.17) is 0 Å². The summed E-state index contributed by atoms with van der Waals surface area (Å²) < 4.78 is 0.840. The van der Waals surface area contributed by atoms with Gasteiger partial charge in [0, 0.05) is 24.5 Å². The smallest absolute Gasteiger partial charge is 0.129 e. The van der Waals surface area contributed by atoms with Crippen LogP contribution in [0, 0.1) is 0 Å². The first kappa shape index (κ1) is 11.3. The molecule has 18 heavy (non-hydrogen) atoms. The van der Waals surface area contributed by atoms with Gasteiger partial charge in [0.2, 0.25) is 0 Å². The van der Waals surface area contributed by atoms with Crippen LogP contribution in [-0.2, 0) is 6.54 Å². The number of hydrogen-bond acceptors (Lipinski definition) is 2. The molecule has 0 aliphatic carbocycles. The van der Waals surface area contributed by atoms with Crippen LogP contribution in [0.4, 0.5) is 5.69 Å². The standard InChI is InChI=1S/C14H12BrN3/c15-14-13(2-1-6-17-14)18-9-10-3-4-12-11(8-10)5-7-16-12/h1-8,16,18H,9H2. The number of nitrogens with one attached hydrogen (secondary N) is 2. The van der Waals surface area contributed by atoms with Gasteiger partial charge in [0.05, 0.1) is 5.69 Å². The van der Waals surface area contributed by atoms with Crippen LogP contribution in [0.1, 0.15) is 5.56 Å². The summed E-state index contributed by atoms with van der Waals surface area (Å²) in [4.78, 5) is 7.37. The van der Waals surface area contributed by atoms with E-state index in [9.17, 15) is 0 Å². The average Bonchev–Trinajstić information content (AvgIpc) is 2.85. The Morgan fingerprint density at radius 2 is 2.17 bits per heavy atom. The molecule has 0 saturated carbocycles. The molecule has 0 amide bonds. The third-order valence-corrected chi connectivity index (χ3v) is 3.49. The molecule has 1 aromatic carbocycles. The summed E-state index contributed by atoms with van der Waals surface area (Å²) in [6, 6.07) is 12.4. The number of hydrogen-bond donors (Lipinski definition) is 2. The van der Waals surface area contributed by atoms with E-state index in [0.717, 1.165) is 16.8 Å². The first-order valence-electron chi connectivity index (χ1n) is 5.73. The van der Waals surface area contributed by atoms with Crippen molar-refractivity contribution in [3.05, 3.63) is 59.0 Å². The van der Waals surface area contributed by atoms with Crippen LogP contribution in [0.15, 0.2) is 53.4 Å². The van der Waals surface area contributed by atoms with Crippen LogP contribution in [0.25, 0.3) is 10.9 Å². The van der Waals surface area contributed by atoms with Crippen molar-refractivity contribution in [2.24, 2.45) is 0 Å². The minimum absolute atomic E-state index is 0.783. The van der Waals surface area contributed by atoms with Gasteiger partial charge in [-0.05, 0) is 57.2 Å². The molecule has 2 heterocycles. The number of pyridine rings is 1. The number of benzene rings is 1. The lowest BCUT2D eigenvalue weighted by Crippen LogP contribution is -2.00. The summed E-state index contributed by atoms with van der Waals surface area (Å²) in [5.74, 6) is 0. The Labute approximate surface area is 113 Å². The van der Waals surface area contributed by atoms with E-state index in [-0.39, 0.29) is 0 Å². The number of aromatic nitrogens is 2. The quantitative estimate of drug-likeness (QED) is 0.720. The molecular weight excluding hydrogens is 290 g/mol.